The minimum atomic E-state index is -0.912. The van der Waals surface area contributed by atoms with E-state index in [1.807, 2.05) is 0 Å². The smallest absolute Gasteiger partial charge is 0.1000 e. The molecule has 19 heavy (non-hydrogen) atoms. The Morgan fingerprint density at radius 2 is 1.79 bits per heavy atom. The fraction of sp³-hybridized carbons (Fsp3) is 1.00. The first-order chi connectivity index (χ1) is 8.74. The Morgan fingerprint density at radius 3 is 2.32 bits per heavy atom. The summed E-state index contributed by atoms with van der Waals surface area (Å²) in [5.74, 6) is 0. The molecule has 2 rings (SSSR count). The third kappa shape index (κ3) is 3.06. The maximum atomic E-state index is 12.7. The molecule has 2 heterocycles. The predicted molar refractivity (Wildman–Crippen MR) is 80.4 cm³/mol. The Labute approximate surface area is 120 Å². The molecule has 2 saturated heterocycles. The Morgan fingerprint density at radius 1 is 1.11 bits per heavy atom. The van der Waals surface area contributed by atoms with Crippen molar-refractivity contribution in [3.05, 3.63) is 0 Å². The van der Waals surface area contributed by atoms with Crippen LogP contribution in [0.2, 0.25) is 0 Å². The van der Waals surface area contributed by atoms with Crippen molar-refractivity contribution >= 4 is 11.0 Å². The van der Waals surface area contributed by atoms with E-state index in [1.54, 1.807) is 0 Å². The summed E-state index contributed by atoms with van der Waals surface area (Å²) in [6, 6.07) is 0.385. The SMILES string of the molecule is CC(C)([C@H]1CCCO1)[C@H]1CCCN1[S@@](=O)C(C)(C)C. The summed E-state index contributed by atoms with van der Waals surface area (Å²) < 4.78 is 20.7. The second-order valence-electron chi connectivity index (χ2n) is 7.48. The van der Waals surface area contributed by atoms with E-state index in [-0.39, 0.29) is 10.2 Å². The summed E-state index contributed by atoms with van der Waals surface area (Å²) in [6.45, 7) is 12.7. The standard InChI is InChI=1S/C15H29NO2S/c1-14(2,3)19(17)16-10-6-8-12(16)15(4,5)13-9-7-11-18-13/h12-13H,6-11H2,1-5H3/t12-,13-,19+/m1/s1. The Bertz CT molecular complexity index is 343. The highest BCUT2D eigenvalue weighted by atomic mass is 32.2. The van der Waals surface area contributed by atoms with Crippen LogP contribution in [0.1, 0.15) is 60.3 Å². The van der Waals surface area contributed by atoms with Crippen LogP contribution in [-0.4, -0.2) is 38.6 Å². The van der Waals surface area contributed by atoms with E-state index in [4.69, 9.17) is 4.74 Å². The van der Waals surface area contributed by atoms with Crippen LogP contribution in [0.4, 0.5) is 0 Å². The van der Waals surface area contributed by atoms with Gasteiger partial charge in [-0.15, -0.1) is 0 Å². The van der Waals surface area contributed by atoms with Gasteiger partial charge in [-0.1, -0.05) is 13.8 Å². The van der Waals surface area contributed by atoms with Gasteiger partial charge in [-0.2, -0.15) is 0 Å². The van der Waals surface area contributed by atoms with Crippen LogP contribution in [0, 0.1) is 5.41 Å². The van der Waals surface area contributed by atoms with Gasteiger partial charge in [-0.25, -0.2) is 8.51 Å². The van der Waals surface area contributed by atoms with Crippen molar-refractivity contribution < 1.29 is 8.95 Å². The van der Waals surface area contributed by atoms with Crippen LogP contribution in [0.15, 0.2) is 0 Å². The Kier molecular flexibility index (Phi) is 4.44. The normalized spacial score (nSPS) is 31.8. The summed E-state index contributed by atoms with van der Waals surface area (Å²) in [5.41, 5.74) is 0.0912. The predicted octanol–water partition coefficient (Wildman–Crippen LogP) is 3.12. The average Bonchev–Trinajstić information content (AvgIpc) is 2.98. The van der Waals surface area contributed by atoms with Crippen LogP contribution in [-0.2, 0) is 15.7 Å². The average molecular weight is 287 g/mol. The van der Waals surface area contributed by atoms with E-state index in [0.29, 0.717) is 12.1 Å². The van der Waals surface area contributed by atoms with E-state index in [9.17, 15) is 4.21 Å². The zero-order valence-electron chi connectivity index (χ0n) is 13.1. The van der Waals surface area contributed by atoms with Gasteiger partial charge in [0, 0.05) is 24.6 Å². The third-order valence-electron chi connectivity index (χ3n) is 4.56. The van der Waals surface area contributed by atoms with Crippen LogP contribution < -0.4 is 0 Å². The first kappa shape index (κ1) is 15.5. The molecule has 0 amide bonds. The van der Waals surface area contributed by atoms with Gasteiger partial charge in [0.1, 0.15) is 0 Å². The van der Waals surface area contributed by atoms with Gasteiger partial charge in [0.2, 0.25) is 0 Å². The minimum absolute atomic E-state index is 0.0912. The lowest BCUT2D eigenvalue weighted by Crippen LogP contribution is -2.50. The number of hydrogen-bond donors (Lipinski definition) is 0. The monoisotopic (exact) mass is 287 g/mol. The lowest BCUT2D eigenvalue weighted by atomic mass is 9.77. The van der Waals surface area contributed by atoms with Crippen molar-refractivity contribution in [2.75, 3.05) is 13.2 Å². The van der Waals surface area contributed by atoms with Crippen molar-refractivity contribution in [1.82, 2.24) is 4.31 Å². The molecule has 3 atom stereocenters. The molecular weight excluding hydrogens is 258 g/mol. The van der Waals surface area contributed by atoms with Crippen molar-refractivity contribution in [2.24, 2.45) is 5.41 Å². The molecule has 0 aromatic heterocycles. The molecule has 0 unspecified atom stereocenters. The summed E-state index contributed by atoms with van der Waals surface area (Å²) in [7, 11) is -0.912. The first-order valence-electron chi connectivity index (χ1n) is 7.55. The molecule has 2 fully saturated rings. The van der Waals surface area contributed by atoms with Gasteiger partial charge in [0.25, 0.3) is 0 Å². The molecule has 0 spiro atoms. The Hall–Kier alpha value is 0.0700. The molecule has 0 bridgehead atoms. The zero-order valence-corrected chi connectivity index (χ0v) is 13.9. The minimum Gasteiger partial charge on any atom is -0.378 e. The van der Waals surface area contributed by atoms with Crippen LogP contribution in [0.3, 0.4) is 0 Å². The Balaban J connectivity index is 2.16. The van der Waals surface area contributed by atoms with E-state index in [1.165, 1.54) is 6.42 Å². The summed E-state index contributed by atoms with van der Waals surface area (Å²) >= 11 is 0. The van der Waals surface area contributed by atoms with Gasteiger partial charge in [0.15, 0.2) is 0 Å². The molecule has 0 radical (unpaired) electrons. The first-order valence-corrected chi connectivity index (χ1v) is 8.65. The second kappa shape index (κ2) is 5.45. The van der Waals surface area contributed by atoms with Crippen LogP contribution in [0.5, 0.6) is 0 Å². The van der Waals surface area contributed by atoms with Gasteiger partial charge in [0.05, 0.1) is 21.8 Å². The second-order valence-corrected chi connectivity index (χ2v) is 9.68. The van der Waals surface area contributed by atoms with Gasteiger partial charge >= 0.3 is 0 Å². The lowest BCUT2D eigenvalue weighted by molar-refractivity contribution is -0.0115. The van der Waals surface area contributed by atoms with Crippen LogP contribution in [0.25, 0.3) is 0 Å². The number of rotatable bonds is 3. The third-order valence-corrected chi connectivity index (χ3v) is 6.47. The quantitative estimate of drug-likeness (QED) is 0.798. The van der Waals surface area contributed by atoms with Gasteiger partial charge in [-0.05, 0) is 46.5 Å². The largest absolute Gasteiger partial charge is 0.378 e. The van der Waals surface area contributed by atoms with Gasteiger partial charge < -0.3 is 4.74 Å². The number of ether oxygens (including phenoxy) is 1. The summed E-state index contributed by atoms with van der Waals surface area (Å²) in [4.78, 5) is 0. The molecule has 0 N–H and O–H groups in total. The topological polar surface area (TPSA) is 29.5 Å². The number of nitrogens with zero attached hydrogens (tertiary/aromatic N) is 1. The maximum Gasteiger partial charge on any atom is 0.1000 e. The highest BCUT2D eigenvalue weighted by Crippen LogP contribution is 2.42. The van der Waals surface area contributed by atoms with Crippen molar-refractivity contribution in [3.63, 3.8) is 0 Å². The van der Waals surface area contributed by atoms with E-state index in [0.717, 1.165) is 32.4 Å². The molecule has 0 saturated carbocycles. The van der Waals surface area contributed by atoms with Crippen molar-refractivity contribution in [1.29, 1.82) is 0 Å². The highest BCUT2D eigenvalue weighted by Gasteiger charge is 2.47. The maximum absolute atomic E-state index is 12.7. The molecule has 0 aromatic carbocycles. The molecule has 2 aliphatic heterocycles. The lowest BCUT2D eigenvalue weighted by Gasteiger charge is -2.42. The fourth-order valence-corrected chi connectivity index (χ4v) is 5.02. The number of hydrogen-bond acceptors (Lipinski definition) is 2. The van der Waals surface area contributed by atoms with E-state index in [2.05, 4.69) is 38.9 Å². The van der Waals surface area contributed by atoms with Crippen LogP contribution >= 0.6 is 0 Å². The molecule has 3 nitrogen and oxygen atoms in total. The van der Waals surface area contributed by atoms with Crippen molar-refractivity contribution in [2.45, 2.75) is 77.2 Å². The van der Waals surface area contributed by atoms with E-state index >= 15 is 0 Å². The fourth-order valence-electron chi connectivity index (χ4n) is 3.41. The molecule has 0 aromatic rings. The molecule has 2 aliphatic rings. The zero-order chi connectivity index (χ0) is 14.3. The summed E-state index contributed by atoms with van der Waals surface area (Å²) in [5, 5.41) is 0. The molecule has 4 heteroatoms. The summed E-state index contributed by atoms with van der Waals surface area (Å²) in [6.07, 6.45) is 4.95. The molecule has 112 valence electrons. The molecular formula is C15H29NO2S. The van der Waals surface area contributed by atoms with E-state index < -0.39 is 11.0 Å². The highest BCUT2D eigenvalue weighted by molar-refractivity contribution is 7.84. The van der Waals surface area contributed by atoms with Gasteiger partial charge in [-0.3, -0.25) is 0 Å². The molecule has 0 aliphatic carbocycles. The van der Waals surface area contributed by atoms with Crippen molar-refractivity contribution in [3.8, 4) is 0 Å².